The Morgan fingerprint density at radius 1 is 1.90 bits per heavy atom. The largest absolute Gasteiger partial charge is 0.361 e. The van der Waals surface area contributed by atoms with Gasteiger partial charge in [-0.15, -0.1) is 0 Å². The zero-order valence-electron chi connectivity index (χ0n) is 5.48. The highest BCUT2D eigenvalue weighted by Gasteiger charge is 1.95. The highest BCUT2D eigenvalue weighted by atomic mass is 16.5. The lowest BCUT2D eigenvalue weighted by Gasteiger charge is -1.76. The molecule has 0 aliphatic heterocycles. The SMILES string of the molecule is Cc1cc(CN=[N+]=[N-])no1. The predicted octanol–water partition coefficient (Wildman–Crippen LogP) is 1.79. The molecule has 52 valence electrons. The topological polar surface area (TPSA) is 74.8 Å². The van der Waals surface area contributed by atoms with Crippen molar-refractivity contribution >= 4 is 0 Å². The van der Waals surface area contributed by atoms with Crippen LogP contribution in [0.4, 0.5) is 0 Å². The molecule has 0 N–H and O–H groups in total. The Balaban J connectivity index is 2.66. The van der Waals surface area contributed by atoms with Crippen molar-refractivity contribution in [1.29, 1.82) is 0 Å². The third-order valence-corrected chi connectivity index (χ3v) is 0.973. The van der Waals surface area contributed by atoms with Gasteiger partial charge in [0.05, 0.1) is 12.2 Å². The van der Waals surface area contributed by atoms with Crippen molar-refractivity contribution < 1.29 is 4.52 Å². The van der Waals surface area contributed by atoms with Crippen LogP contribution in [0, 0.1) is 6.92 Å². The number of rotatable bonds is 2. The first-order chi connectivity index (χ1) is 4.83. The van der Waals surface area contributed by atoms with Crippen molar-refractivity contribution in [2.45, 2.75) is 13.5 Å². The van der Waals surface area contributed by atoms with Crippen LogP contribution in [0.2, 0.25) is 0 Å². The van der Waals surface area contributed by atoms with Gasteiger partial charge in [-0.25, -0.2) is 0 Å². The van der Waals surface area contributed by atoms with E-state index in [2.05, 4.69) is 15.2 Å². The maximum absolute atomic E-state index is 7.93. The summed E-state index contributed by atoms with van der Waals surface area (Å²) in [5, 5.41) is 6.93. The van der Waals surface area contributed by atoms with Crippen molar-refractivity contribution in [3.63, 3.8) is 0 Å². The summed E-state index contributed by atoms with van der Waals surface area (Å²) in [6.07, 6.45) is 0. The van der Waals surface area contributed by atoms with E-state index in [0.717, 1.165) is 5.76 Å². The van der Waals surface area contributed by atoms with Gasteiger partial charge in [0.15, 0.2) is 0 Å². The second-order valence-electron chi connectivity index (χ2n) is 1.82. The molecule has 0 spiro atoms. The van der Waals surface area contributed by atoms with Crippen LogP contribution in [0.25, 0.3) is 10.4 Å². The van der Waals surface area contributed by atoms with E-state index in [0.29, 0.717) is 5.69 Å². The number of aryl methyl sites for hydroxylation is 1. The molecule has 5 heteroatoms. The zero-order valence-corrected chi connectivity index (χ0v) is 5.48. The van der Waals surface area contributed by atoms with E-state index in [1.54, 1.807) is 13.0 Å². The predicted molar refractivity (Wildman–Crippen MR) is 34.1 cm³/mol. The average molecular weight is 138 g/mol. The molecule has 1 rings (SSSR count). The van der Waals surface area contributed by atoms with Crippen LogP contribution in [-0.4, -0.2) is 5.16 Å². The molecule has 5 nitrogen and oxygen atoms in total. The fourth-order valence-corrected chi connectivity index (χ4v) is 0.597. The van der Waals surface area contributed by atoms with Gasteiger partial charge in [-0.3, -0.25) is 0 Å². The van der Waals surface area contributed by atoms with Crippen LogP contribution in [-0.2, 0) is 6.54 Å². The van der Waals surface area contributed by atoms with Gasteiger partial charge in [-0.1, -0.05) is 10.3 Å². The first-order valence-corrected chi connectivity index (χ1v) is 2.76. The number of hydrogen-bond acceptors (Lipinski definition) is 3. The minimum atomic E-state index is 0.258. The molecular formula is C5H6N4O. The molecule has 0 radical (unpaired) electrons. The first kappa shape index (κ1) is 6.64. The molecule has 0 aromatic carbocycles. The maximum atomic E-state index is 7.93. The summed E-state index contributed by atoms with van der Waals surface area (Å²) in [5.74, 6) is 0.725. The highest BCUT2D eigenvalue weighted by molar-refractivity contribution is 5.02. The fraction of sp³-hybridized carbons (Fsp3) is 0.400. The lowest BCUT2D eigenvalue weighted by Crippen LogP contribution is -1.75. The van der Waals surface area contributed by atoms with E-state index in [-0.39, 0.29) is 6.54 Å². The molecule has 0 bridgehead atoms. The summed E-state index contributed by atoms with van der Waals surface area (Å²) in [6, 6.07) is 1.73. The lowest BCUT2D eigenvalue weighted by atomic mass is 10.4. The minimum absolute atomic E-state index is 0.258. The van der Waals surface area contributed by atoms with E-state index in [9.17, 15) is 0 Å². The van der Waals surface area contributed by atoms with Gasteiger partial charge in [0.25, 0.3) is 0 Å². The van der Waals surface area contributed by atoms with Gasteiger partial charge in [0.2, 0.25) is 0 Å². The molecule has 0 aliphatic carbocycles. The molecule has 1 heterocycles. The third kappa shape index (κ3) is 1.50. The summed E-state index contributed by atoms with van der Waals surface area (Å²) < 4.78 is 4.73. The van der Waals surface area contributed by atoms with Crippen LogP contribution in [0.15, 0.2) is 15.7 Å². The van der Waals surface area contributed by atoms with E-state index < -0.39 is 0 Å². The normalized spacial score (nSPS) is 8.90. The van der Waals surface area contributed by atoms with E-state index in [4.69, 9.17) is 10.1 Å². The van der Waals surface area contributed by atoms with Crippen molar-refractivity contribution in [3.8, 4) is 0 Å². The summed E-state index contributed by atoms with van der Waals surface area (Å²) in [6.45, 7) is 2.04. The Hall–Kier alpha value is -1.48. The van der Waals surface area contributed by atoms with E-state index in [1.807, 2.05) is 0 Å². The molecule has 0 unspecified atom stereocenters. The first-order valence-electron chi connectivity index (χ1n) is 2.76. The molecule has 0 amide bonds. The Morgan fingerprint density at radius 3 is 3.20 bits per heavy atom. The molecule has 0 aliphatic rings. The van der Waals surface area contributed by atoms with Gasteiger partial charge in [-0.2, -0.15) is 0 Å². The average Bonchev–Trinajstić information content (AvgIpc) is 2.31. The van der Waals surface area contributed by atoms with Gasteiger partial charge >= 0.3 is 0 Å². The van der Waals surface area contributed by atoms with Crippen molar-refractivity contribution in [2.24, 2.45) is 5.11 Å². The van der Waals surface area contributed by atoms with E-state index in [1.165, 1.54) is 0 Å². The number of nitrogens with zero attached hydrogens (tertiary/aromatic N) is 4. The second-order valence-corrected chi connectivity index (χ2v) is 1.82. The zero-order chi connectivity index (χ0) is 7.40. The standard InChI is InChI=1S/C5H6N4O/c1-4-2-5(8-10-4)3-7-9-6/h2H,3H2,1H3. The minimum Gasteiger partial charge on any atom is -0.361 e. The summed E-state index contributed by atoms with van der Waals surface area (Å²) >= 11 is 0. The molecule has 0 saturated heterocycles. The van der Waals surface area contributed by atoms with Gasteiger partial charge in [0.1, 0.15) is 5.76 Å². The molecule has 0 saturated carbocycles. The Morgan fingerprint density at radius 2 is 2.70 bits per heavy atom. The van der Waals surface area contributed by atoms with Crippen molar-refractivity contribution in [3.05, 3.63) is 28.0 Å². The van der Waals surface area contributed by atoms with Crippen LogP contribution in [0.5, 0.6) is 0 Å². The van der Waals surface area contributed by atoms with Gasteiger partial charge in [-0.05, 0) is 12.5 Å². The van der Waals surface area contributed by atoms with Gasteiger partial charge < -0.3 is 4.52 Å². The summed E-state index contributed by atoms with van der Waals surface area (Å²) in [4.78, 5) is 2.58. The number of aromatic nitrogens is 1. The highest BCUT2D eigenvalue weighted by Crippen LogP contribution is 2.02. The Bertz CT molecular complexity index is 260. The van der Waals surface area contributed by atoms with Gasteiger partial charge in [0, 0.05) is 11.0 Å². The Labute approximate surface area is 57.3 Å². The summed E-state index contributed by atoms with van der Waals surface area (Å²) in [7, 11) is 0. The molecule has 1 aromatic rings. The monoisotopic (exact) mass is 138 g/mol. The molecule has 10 heavy (non-hydrogen) atoms. The maximum Gasteiger partial charge on any atom is 0.133 e. The van der Waals surface area contributed by atoms with Crippen LogP contribution < -0.4 is 0 Å². The summed E-state index contributed by atoms with van der Waals surface area (Å²) in [5.41, 5.74) is 8.60. The second kappa shape index (κ2) is 2.89. The van der Waals surface area contributed by atoms with Crippen LogP contribution >= 0.6 is 0 Å². The number of azide groups is 1. The molecule has 1 aromatic heterocycles. The Kier molecular flexibility index (Phi) is 1.92. The third-order valence-electron chi connectivity index (χ3n) is 0.973. The molecule has 0 atom stereocenters. The molecular weight excluding hydrogens is 132 g/mol. The smallest absolute Gasteiger partial charge is 0.133 e. The van der Waals surface area contributed by atoms with Crippen LogP contribution in [0.1, 0.15) is 11.5 Å². The lowest BCUT2D eigenvalue weighted by molar-refractivity contribution is 0.391. The van der Waals surface area contributed by atoms with Crippen molar-refractivity contribution in [2.75, 3.05) is 0 Å². The quantitative estimate of drug-likeness (QED) is 0.355. The molecule has 0 fully saturated rings. The van der Waals surface area contributed by atoms with E-state index >= 15 is 0 Å². The van der Waals surface area contributed by atoms with Crippen LogP contribution in [0.3, 0.4) is 0 Å². The number of hydrogen-bond donors (Lipinski definition) is 0. The van der Waals surface area contributed by atoms with Crippen molar-refractivity contribution in [1.82, 2.24) is 5.16 Å². The fourth-order valence-electron chi connectivity index (χ4n) is 0.597.